The Morgan fingerprint density at radius 1 is 0.310 bits per heavy atom. The van der Waals surface area contributed by atoms with E-state index in [9.17, 15) is 14.4 Å². The Morgan fingerprint density at radius 3 is 1.03 bits per heavy atom. The molecule has 0 spiro atoms. The molecule has 0 fully saturated rings. The van der Waals surface area contributed by atoms with Crippen LogP contribution in [0.15, 0.2) is 85.1 Å². The molecule has 0 amide bonds. The van der Waals surface area contributed by atoms with E-state index in [2.05, 4.69) is 106 Å². The Bertz CT molecular complexity index is 1370. The molecule has 0 saturated heterocycles. The van der Waals surface area contributed by atoms with E-state index in [4.69, 9.17) is 14.2 Å². The second-order valence-electron chi connectivity index (χ2n) is 19.9. The average Bonchev–Trinajstić information content (AvgIpc) is 3.37. The fourth-order valence-electron chi connectivity index (χ4n) is 8.45. The minimum absolute atomic E-state index is 0.0845. The molecule has 0 radical (unpaired) electrons. The average molecular weight is 990 g/mol. The van der Waals surface area contributed by atoms with Crippen molar-refractivity contribution in [2.75, 3.05) is 13.2 Å². The number of unbranched alkanes of at least 4 members (excludes halogenated alkanes) is 31. The molecule has 71 heavy (non-hydrogen) atoms. The highest BCUT2D eigenvalue weighted by atomic mass is 16.6. The Labute approximate surface area is 439 Å². The van der Waals surface area contributed by atoms with Gasteiger partial charge in [0.2, 0.25) is 0 Å². The van der Waals surface area contributed by atoms with E-state index in [1.807, 2.05) is 0 Å². The first-order valence-corrected chi connectivity index (χ1v) is 30.1. The number of ether oxygens (including phenoxy) is 3. The summed E-state index contributed by atoms with van der Waals surface area (Å²) in [6.07, 6.45) is 77.2. The maximum Gasteiger partial charge on any atom is 0.306 e. The molecular formula is C65H112O6. The summed E-state index contributed by atoms with van der Waals surface area (Å²) in [6.45, 7) is 6.41. The summed E-state index contributed by atoms with van der Waals surface area (Å²) in [5, 5.41) is 0. The second-order valence-corrected chi connectivity index (χ2v) is 19.9. The zero-order valence-corrected chi connectivity index (χ0v) is 46.7. The van der Waals surface area contributed by atoms with Crippen molar-refractivity contribution in [3.05, 3.63) is 85.1 Å². The summed E-state index contributed by atoms with van der Waals surface area (Å²) in [7, 11) is 0. The van der Waals surface area contributed by atoms with Crippen molar-refractivity contribution in [3.63, 3.8) is 0 Å². The lowest BCUT2D eigenvalue weighted by atomic mass is 10.1. The smallest absolute Gasteiger partial charge is 0.306 e. The van der Waals surface area contributed by atoms with Gasteiger partial charge in [0.25, 0.3) is 0 Å². The van der Waals surface area contributed by atoms with Crippen LogP contribution in [0.3, 0.4) is 0 Å². The van der Waals surface area contributed by atoms with Crippen LogP contribution in [-0.4, -0.2) is 37.2 Å². The third-order valence-corrected chi connectivity index (χ3v) is 12.9. The molecule has 0 bridgehead atoms. The molecule has 0 heterocycles. The Kier molecular flexibility index (Phi) is 56.3. The van der Waals surface area contributed by atoms with Crippen LogP contribution in [0, 0.1) is 0 Å². The lowest BCUT2D eigenvalue weighted by Gasteiger charge is -2.18. The van der Waals surface area contributed by atoms with Gasteiger partial charge in [-0.15, -0.1) is 0 Å². The van der Waals surface area contributed by atoms with Crippen molar-refractivity contribution >= 4 is 17.9 Å². The third kappa shape index (κ3) is 57.4. The minimum Gasteiger partial charge on any atom is -0.462 e. The van der Waals surface area contributed by atoms with Gasteiger partial charge in [0.15, 0.2) is 6.10 Å². The highest BCUT2D eigenvalue weighted by Gasteiger charge is 2.19. The van der Waals surface area contributed by atoms with Crippen molar-refractivity contribution in [1.82, 2.24) is 0 Å². The predicted octanol–water partition coefficient (Wildman–Crippen LogP) is 20.3. The van der Waals surface area contributed by atoms with Gasteiger partial charge in [0, 0.05) is 19.3 Å². The van der Waals surface area contributed by atoms with Crippen LogP contribution in [0.1, 0.15) is 290 Å². The van der Waals surface area contributed by atoms with E-state index in [0.717, 1.165) is 89.9 Å². The minimum atomic E-state index is -0.787. The molecule has 1 unspecified atom stereocenters. The highest BCUT2D eigenvalue weighted by molar-refractivity contribution is 5.71. The van der Waals surface area contributed by atoms with Crippen LogP contribution in [0.5, 0.6) is 0 Å². The quantitative estimate of drug-likeness (QED) is 0.0199. The Morgan fingerprint density at radius 2 is 0.620 bits per heavy atom. The summed E-state index contributed by atoms with van der Waals surface area (Å²) in [5.74, 6) is -0.897. The molecule has 6 nitrogen and oxygen atoms in total. The van der Waals surface area contributed by atoms with Crippen LogP contribution in [0.25, 0.3) is 0 Å². The van der Waals surface area contributed by atoms with Gasteiger partial charge in [-0.3, -0.25) is 14.4 Å². The van der Waals surface area contributed by atoms with Gasteiger partial charge < -0.3 is 14.2 Å². The molecule has 1 atom stereocenters. The zero-order valence-electron chi connectivity index (χ0n) is 46.7. The predicted molar refractivity (Wildman–Crippen MR) is 307 cm³/mol. The van der Waals surface area contributed by atoms with Gasteiger partial charge in [-0.1, -0.05) is 260 Å². The van der Waals surface area contributed by atoms with Crippen LogP contribution in [0.2, 0.25) is 0 Å². The molecule has 408 valence electrons. The van der Waals surface area contributed by atoms with Gasteiger partial charge in [0.1, 0.15) is 13.2 Å². The Balaban J connectivity index is 4.39. The molecule has 0 rings (SSSR count). The summed E-state index contributed by atoms with van der Waals surface area (Å²) < 4.78 is 16.9. The van der Waals surface area contributed by atoms with Gasteiger partial charge in [0.05, 0.1) is 0 Å². The fraction of sp³-hybridized carbons (Fsp3) is 0.738. The molecule has 0 N–H and O–H groups in total. The molecular weight excluding hydrogens is 877 g/mol. The van der Waals surface area contributed by atoms with Gasteiger partial charge in [-0.25, -0.2) is 0 Å². The largest absolute Gasteiger partial charge is 0.462 e. The molecule has 0 aromatic heterocycles. The van der Waals surface area contributed by atoms with Crippen molar-refractivity contribution in [3.8, 4) is 0 Å². The second kappa shape index (κ2) is 59.2. The van der Waals surface area contributed by atoms with E-state index >= 15 is 0 Å². The van der Waals surface area contributed by atoms with E-state index in [-0.39, 0.29) is 31.1 Å². The van der Waals surface area contributed by atoms with Crippen LogP contribution < -0.4 is 0 Å². The molecule has 6 heteroatoms. The molecule has 0 aliphatic rings. The normalized spacial score (nSPS) is 12.7. The molecule has 0 saturated carbocycles. The van der Waals surface area contributed by atoms with Crippen molar-refractivity contribution in [2.45, 2.75) is 297 Å². The zero-order chi connectivity index (χ0) is 51.4. The number of esters is 3. The van der Waals surface area contributed by atoms with Gasteiger partial charge >= 0.3 is 17.9 Å². The highest BCUT2D eigenvalue weighted by Crippen LogP contribution is 2.16. The first kappa shape index (κ1) is 67.6. The van der Waals surface area contributed by atoms with E-state index in [1.165, 1.54) is 161 Å². The first-order valence-electron chi connectivity index (χ1n) is 30.1. The van der Waals surface area contributed by atoms with Crippen LogP contribution in [-0.2, 0) is 28.6 Å². The molecule has 0 aromatic rings. The number of hydrogen-bond acceptors (Lipinski definition) is 6. The SMILES string of the molecule is CC\C=C/C=C\C=C/CCCCCCCCCC(=O)OCC(COC(=O)CCCCCCCCCCC/C=C\C/C=C\C/C=C\CC)OC(=O)CCCCCCCCC/C=C\CCCCCCCCCC. The lowest BCUT2D eigenvalue weighted by Crippen LogP contribution is -2.30. The van der Waals surface area contributed by atoms with E-state index in [0.29, 0.717) is 19.3 Å². The standard InChI is InChI=1S/C65H112O6/c1-4-7-10-13-16-19-22-25-28-30-32-34-37-40-43-46-49-52-55-58-64(67)70-61-62(60-69-63(66)57-54-51-48-45-42-39-36-27-24-21-18-15-12-9-6-3)71-65(68)59-56-53-50-47-44-41-38-35-33-31-29-26-23-20-17-14-11-8-5-2/h7,9-10,12,15-16,18-19,21,24-25,28,31,33,62H,4-6,8,11,13-14,17,20,22-23,26-27,29-30,32,34-61H2,1-3H3/b10-7-,12-9-,18-15-,19-16-,24-21-,28-25-,33-31-. The summed E-state index contributed by atoms with van der Waals surface area (Å²) >= 11 is 0. The number of allylic oxidation sites excluding steroid dienone is 14. The number of carbonyl (C=O) groups is 3. The fourth-order valence-corrected chi connectivity index (χ4v) is 8.45. The van der Waals surface area contributed by atoms with Crippen molar-refractivity contribution < 1.29 is 28.6 Å². The lowest BCUT2D eigenvalue weighted by molar-refractivity contribution is -0.167. The van der Waals surface area contributed by atoms with Gasteiger partial charge in [-0.05, 0) is 96.3 Å². The third-order valence-electron chi connectivity index (χ3n) is 12.9. The number of rotatable bonds is 54. The van der Waals surface area contributed by atoms with Crippen molar-refractivity contribution in [1.29, 1.82) is 0 Å². The summed E-state index contributed by atoms with van der Waals surface area (Å²) in [4.78, 5) is 38.3. The Hall–Kier alpha value is -3.41. The van der Waals surface area contributed by atoms with Crippen molar-refractivity contribution in [2.24, 2.45) is 0 Å². The van der Waals surface area contributed by atoms with Crippen LogP contribution in [0.4, 0.5) is 0 Å². The van der Waals surface area contributed by atoms with E-state index in [1.54, 1.807) is 0 Å². The molecule has 0 aliphatic heterocycles. The number of hydrogen-bond donors (Lipinski definition) is 0. The molecule has 0 aromatic carbocycles. The maximum absolute atomic E-state index is 12.9. The number of carbonyl (C=O) groups excluding carboxylic acids is 3. The first-order chi connectivity index (χ1) is 35.0. The topological polar surface area (TPSA) is 78.9 Å². The maximum atomic E-state index is 12.9. The summed E-state index contributed by atoms with van der Waals surface area (Å²) in [5.41, 5.74) is 0. The molecule has 0 aliphatic carbocycles. The summed E-state index contributed by atoms with van der Waals surface area (Å²) in [6, 6.07) is 0. The monoisotopic (exact) mass is 989 g/mol. The van der Waals surface area contributed by atoms with E-state index < -0.39 is 6.10 Å². The van der Waals surface area contributed by atoms with Crippen LogP contribution >= 0.6 is 0 Å². The van der Waals surface area contributed by atoms with Gasteiger partial charge in [-0.2, -0.15) is 0 Å².